The molecule has 2 heterocycles. The van der Waals surface area contributed by atoms with Crippen LogP contribution in [0.1, 0.15) is 34.0 Å². The molecular weight excluding hydrogens is 446 g/mol. The molecule has 1 aromatic heterocycles. The number of fused-ring (bicyclic) bond motifs is 1. The lowest BCUT2D eigenvalue weighted by molar-refractivity contribution is 0.102. The third-order valence-electron chi connectivity index (χ3n) is 5.75. The minimum absolute atomic E-state index is 0.201. The topological polar surface area (TPSA) is 105 Å². The van der Waals surface area contributed by atoms with E-state index in [0.29, 0.717) is 35.0 Å². The number of hydrogen-bond donors (Lipinski definition) is 2. The summed E-state index contributed by atoms with van der Waals surface area (Å²) in [5, 5.41) is 11.6. The van der Waals surface area contributed by atoms with E-state index in [1.807, 2.05) is 31.2 Å². The van der Waals surface area contributed by atoms with Crippen molar-refractivity contribution in [2.75, 3.05) is 26.6 Å². The predicted molar refractivity (Wildman–Crippen MR) is 133 cm³/mol. The first-order valence-corrected chi connectivity index (χ1v) is 11.1. The second kappa shape index (κ2) is 10.3. The fraction of sp³-hybridized carbons (Fsp3) is 0.231. The first-order valence-electron chi connectivity index (χ1n) is 11.1. The van der Waals surface area contributed by atoms with E-state index in [1.54, 1.807) is 57.8 Å². The number of methoxy groups -OCH3 is 2. The van der Waals surface area contributed by atoms with Crippen molar-refractivity contribution in [1.29, 1.82) is 0 Å². The van der Waals surface area contributed by atoms with Gasteiger partial charge in [-0.1, -0.05) is 18.2 Å². The van der Waals surface area contributed by atoms with Gasteiger partial charge in [0.2, 0.25) is 0 Å². The van der Waals surface area contributed by atoms with Gasteiger partial charge in [-0.05, 0) is 55.3 Å². The van der Waals surface area contributed by atoms with Crippen LogP contribution in [0.5, 0.6) is 11.5 Å². The van der Waals surface area contributed by atoms with E-state index in [9.17, 15) is 9.59 Å². The molecule has 0 fully saturated rings. The van der Waals surface area contributed by atoms with Gasteiger partial charge in [0.15, 0.2) is 11.5 Å². The molecule has 0 saturated heterocycles. The van der Waals surface area contributed by atoms with E-state index < -0.39 is 0 Å². The molecular formula is C26H27N5O4. The van der Waals surface area contributed by atoms with Gasteiger partial charge >= 0.3 is 6.03 Å². The van der Waals surface area contributed by atoms with Gasteiger partial charge in [-0.15, -0.1) is 0 Å². The van der Waals surface area contributed by atoms with Crippen molar-refractivity contribution < 1.29 is 19.1 Å². The lowest BCUT2D eigenvalue weighted by Gasteiger charge is -2.22. The van der Waals surface area contributed by atoms with Crippen LogP contribution in [-0.4, -0.2) is 55.0 Å². The van der Waals surface area contributed by atoms with Crippen molar-refractivity contribution in [2.45, 2.75) is 19.4 Å². The van der Waals surface area contributed by atoms with Gasteiger partial charge in [0.1, 0.15) is 5.82 Å². The zero-order chi connectivity index (χ0) is 24.9. The number of nitrogens with zero attached hydrogens (tertiary/aromatic N) is 3. The highest BCUT2D eigenvalue weighted by molar-refractivity contribution is 6.15. The third-order valence-corrected chi connectivity index (χ3v) is 5.75. The van der Waals surface area contributed by atoms with Crippen LogP contribution in [0.4, 0.5) is 10.6 Å². The molecule has 9 heteroatoms. The molecule has 0 bridgehead atoms. The summed E-state index contributed by atoms with van der Waals surface area (Å²) in [6, 6.07) is 15.6. The Kier molecular flexibility index (Phi) is 6.96. The van der Waals surface area contributed by atoms with Crippen LogP contribution in [-0.2, 0) is 6.42 Å². The van der Waals surface area contributed by atoms with E-state index in [2.05, 4.69) is 15.6 Å². The van der Waals surface area contributed by atoms with Gasteiger partial charge in [0.25, 0.3) is 5.91 Å². The molecule has 0 radical (unpaired) electrons. The maximum absolute atomic E-state index is 12.7. The summed E-state index contributed by atoms with van der Waals surface area (Å²) < 4.78 is 11.0. The van der Waals surface area contributed by atoms with Crippen LogP contribution in [0.2, 0.25) is 0 Å². The number of carbonyl (C=O) groups is 2. The standard InChI is InChI=1S/C26H27N5O4/c1-16-13-19-14-21(34-3)22(35-4)15-20(19)24(30-31(16)26(33)27-2)17-8-10-18(11-9-17)25(32)29-23-7-5-6-12-28-23/h5-12,14-16H,13H2,1-4H3,(H,27,33)(H,28,29,32)/t16-/m1/s1. The average molecular weight is 474 g/mol. The van der Waals surface area contributed by atoms with Gasteiger partial charge in [-0.3, -0.25) is 4.79 Å². The summed E-state index contributed by atoms with van der Waals surface area (Å²) in [4.78, 5) is 29.4. The van der Waals surface area contributed by atoms with Crippen LogP contribution in [0.15, 0.2) is 65.9 Å². The first kappa shape index (κ1) is 23.7. The lowest BCUT2D eigenvalue weighted by Crippen LogP contribution is -2.41. The molecule has 35 heavy (non-hydrogen) atoms. The molecule has 4 rings (SSSR count). The molecule has 0 saturated carbocycles. The Morgan fingerprint density at radius 1 is 1.03 bits per heavy atom. The Balaban J connectivity index is 1.75. The summed E-state index contributed by atoms with van der Waals surface area (Å²) in [6.07, 6.45) is 2.18. The number of hydrogen-bond acceptors (Lipinski definition) is 6. The molecule has 3 amide bonds. The van der Waals surface area contributed by atoms with E-state index in [0.717, 1.165) is 16.7 Å². The van der Waals surface area contributed by atoms with Crippen LogP contribution < -0.4 is 20.1 Å². The Morgan fingerprint density at radius 2 is 1.74 bits per heavy atom. The van der Waals surface area contributed by atoms with Crippen molar-refractivity contribution in [3.05, 3.63) is 83.0 Å². The number of rotatable bonds is 5. The van der Waals surface area contributed by atoms with Crippen LogP contribution >= 0.6 is 0 Å². The number of urea groups is 1. The second-order valence-electron chi connectivity index (χ2n) is 8.01. The summed E-state index contributed by atoms with van der Waals surface area (Å²) in [5.41, 5.74) is 3.60. The average Bonchev–Trinajstić information content (AvgIpc) is 3.03. The van der Waals surface area contributed by atoms with Gasteiger partial charge in [-0.25, -0.2) is 14.8 Å². The van der Waals surface area contributed by atoms with Gasteiger partial charge in [-0.2, -0.15) is 5.10 Å². The van der Waals surface area contributed by atoms with E-state index in [1.165, 1.54) is 5.01 Å². The van der Waals surface area contributed by atoms with E-state index >= 15 is 0 Å². The summed E-state index contributed by atoms with van der Waals surface area (Å²) in [7, 11) is 4.74. The Bertz CT molecular complexity index is 1260. The number of nitrogens with one attached hydrogen (secondary N) is 2. The van der Waals surface area contributed by atoms with Crippen molar-refractivity contribution in [1.82, 2.24) is 15.3 Å². The number of hydrazone groups is 1. The highest BCUT2D eigenvalue weighted by atomic mass is 16.5. The quantitative estimate of drug-likeness (QED) is 0.588. The molecule has 9 nitrogen and oxygen atoms in total. The molecule has 1 aliphatic heterocycles. The number of pyridine rings is 1. The zero-order valence-electron chi connectivity index (χ0n) is 20.0. The van der Waals surface area contributed by atoms with Crippen molar-refractivity contribution in [2.24, 2.45) is 5.10 Å². The number of ether oxygens (including phenoxy) is 2. The van der Waals surface area contributed by atoms with E-state index in [-0.39, 0.29) is 18.0 Å². The second-order valence-corrected chi connectivity index (χ2v) is 8.01. The van der Waals surface area contributed by atoms with Crippen LogP contribution in [0.25, 0.3) is 0 Å². The number of carbonyl (C=O) groups excluding carboxylic acids is 2. The summed E-state index contributed by atoms with van der Waals surface area (Å²) in [6.45, 7) is 1.94. The smallest absolute Gasteiger partial charge is 0.337 e. The maximum atomic E-state index is 12.7. The number of aromatic nitrogens is 1. The van der Waals surface area contributed by atoms with Crippen molar-refractivity contribution in [3.63, 3.8) is 0 Å². The molecule has 2 aromatic carbocycles. The van der Waals surface area contributed by atoms with Gasteiger partial charge in [0, 0.05) is 29.9 Å². The Labute approximate surface area is 203 Å². The highest BCUT2D eigenvalue weighted by Gasteiger charge is 2.28. The van der Waals surface area contributed by atoms with Crippen molar-refractivity contribution in [3.8, 4) is 11.5 Å². The van der Waals surface area contributed by atoms with Gasteiger partial charge in [0.05, 0.1) is 26.0 Å². The molecule has 1 atom stereocenters. The van der Waals surface area contributed by atoms with Crippen molar-refractivity contribution >= 4 is 23.5 Å². The minimum atomic E-state index is -0.312. The largest absolute Gasteiger partial charge is 0.493 e. The van der Waals surface area contributed by atoms with E-state index in [4.69, 9.17) is 14.6 Å². The number of amides is 3. The molecule has 1 aliphatic rings. The third kappa shape index (κ3) is 4.93. The number of benzene rings is 2. The molecule has 2 N–H and O–H groups in total. The highest BCUT2D eigenvalue weighted by Crippen LogP contribution is 2.34. The molecule has 3 aromatic rings. The fourth-order valence-electron chi connectivity index (χ4n) is 3.95. The molecule has 180 valence electrons. The van der Waals surface area contributed by atoms with Crippen LogP contribution in [0, 0.1) is 0 Å². The lowest BCUT2D eigenvalue weighted by atomic mass is 9.93. The monoisotopic (exact) mass is 473 g/mol. The molecule has 0 unspecified atom stereocenters. The maximum Gasteiger partial charge on any atom is 0.337 e. The normalized spacial score (nSPS) is 14.8. The first-order chi connectivity index (χ1) is 16.9. The minimum Gasteiger partial charge on any atom is -0.493 e. The Hall–Kier alpha value is -4.40. The number of anilines is 1. The SMILES string of the molecule is CNC(=O)N1N=C(c2ccc(C(=O)Nc3ccccn3)cc2)c2cc(OC)c(OC)cc2C[C@H]1C. The predicted octanol–water partition coefficient (Wildman–Crippen LogP) is 3.69. The fourth-order valence-corrected chi connectivity index (χ4v) is 3.95. The summed E-state index contributed by atoms with van der Waals surface area (Å²) in [5.74, 6) is 1.37. The van der Waals surface area contributed by atoms with Gasteiger partial charge < -0.3 is 20.1 Å². The zero-order valence-corrected chi connectivity index (χ0v) is 20.0. The molecule has 0 aliphatic carbocycles. The molecule has 0 spiro atoms. The van der Waals surface area contributed by atoms with Crippen LogP contribution in [0.3, 0.4) is 0 Å². The Morgan fingerprint density at radius 3 is 2.37 bits per heavy atom. The summed E-state index contributed by atoms with van der Waals surface area (Å²) >= 11 is 0.